The molecule has 0 unspecified atom stereocenters. The molecule has 9 heteroatoms. The van der Waals surface area contributed by atoms with Gasteiger partial charge in [-0.1, -0.05) is 12.1 Å². The molecular formula is C20H27N3O5S. The minimum Gasteiger partial charge on any atom is -0.493 e. The fourth-order valence-electron chi connectivity index (χ4n) is 2.73. The molecular weight excluding hydrogens is 394 g/mol. The second-order valence-electron chi connectivity index (χ2n) is 6.66. The molecule has 0 bridgehead atoms. The molecule has 8 nitrogen and oxygen atoms in total. The molecule has 158 valence electrons. The predicted octanol–water partition coefficient (Wildman–Crippen LogP) is 1.85. The van der Waals surface area contributed by atoms with Crippen molar-refractivity contribution in [2.75, 3.05) is 33.1 Å². The Morgan fingerprint density at radius 2 is 1.83 bits per heavy atom. The van der Waals surface area contributed by atoms with Crippen molar-refractivity contribution in [2.24, 2.45) is 5.14 Å². The third kappa shape index (κ3) is 6.18. The lowest BCUT2D eigenvalue weighted by molar-refractivity contribution is -0.120. The van der Waals surface area contributed by atoms with Gasteiger partial charge in [0, 0.05) is 12.2 Å². The Morgan fingerprint density at radius 1 is 1.14 bits per heavy atom. The van der Waals surface area contributed by atoms with Crippen LogP contribution in [0.5, 0.6) is 11.5 Å². The van der Waals surface area contributed by atoms with Crippen molar-refractivity contribution >= 4 is 21.6 Å². The second kappa shape index (κ2) is 9.73. The zero-order valence-electron chi connectivity index (χ0n) is 17.0. The monoisotopic (exact) mass is 421 g/mol. The molecule has 2 aromatic carbocycles. The van der Waals surface area contributed by atoms with Gasteiger partial charge in [-0.2, -0.15) is 0 Å². The number of nitrogens with one attached hydrogen (secondary N) is 1. The normalized spacial score (nSPS) is 12.5. The predicted molar refractivity (Wildman–Crippen MR) is 112 cm³/mol. The van der Waals surface area contributed by atoms with E-state index in [0.717, 1.165) is 12.0 Å². The van der Waals surface area contributed by atoms with Crippen molar-refractivity contribution in [3.63, 3.8) is 0 Å². The molecule has 29 heavy (non-hydrogen) atoms. The number of carbonyl (C=O) groups excluding carboxylic acids is 1. The molecule has 0 heterocycles. The highest BCUT2D eigenvalue weighted by Gasteiger charge is 2.19. The van der Waals surface area contributed by atoms with Crippen molar-refractivity contribution in [3.8, 4) is 11.5 Å². The van der Waals surface area contributed by atoms with E-state index in [1.54, 1.807) is 27.2 Å². The first-order chi connectivity index (χ1) is 13.7. The summed E-state index contributed by atoms with van der Waals surface area (Å²) < 4.78 is 33.5. The quantitative estimate of drug-likeness (QED) is 0.639. The molecule has 0 aliphatic heterocycles. The van der Waals surface area contributed by atoms with Crippen molar-refractivity contribution in [1.29, 1.82) is 0 Å². The molecule has 1 atom stereocenters. The first-order valence-electron chi connectivity index (χ1n) is 9.00. The highest BCUT2D eigenvalue weighted by molar-refractivity contribution is 7.89. The SMILES string of the molecule is COc1ccc(CCN(C)[C@H](C)C(=O)Nc2cccc(S(N)(=O)=O)c2)cc1OC. The van der Waals surface area contributed by atoms with Crippen LogP contribution in [0.4, 0.5) is 5.69 Å². The lowest BCUT2D eigenvalue weighted by Crippen LogP contribution is -2.40. The Labute approximate surface area is 171 Å². The number of benzene rings is 2. The lowest BCUT2D eigenvalue weighted by Gasteiger charge is -2.24. The highest BCUT2D eigenvalue weighted by Crippen LogP contribution is 2.27. The third-order valence-electron chi connectivity index (χ3n) is 4.67. The zero-order chi connectivity index (χ0) is 21.6. The molecule has 2 aromatic rings. The van der Waals surface area contributed by atoms with Crippen LogP contribution in [0.15, 0.2) is 47.4 Å². The molecule has 0 fully saturated rings. The van der Waals surface area contributed by atoms with Gasteiger partial charge in [0.2, 0.25) is 15.9 Å². The van der Waals surface area contributed by atoms with Crippen LogP contribution in [-0.2, 0) is 21.2 Å². The van der Waals surface area contributed by atoms with Gasteiger partial charge in [-0.15, -0.1) is 0 Å². The zero-order valence-corrected chi connectivity index (χ0v) is 17.8. The second-order valence-corrected chi connectivity index (χ2v) is 8.22. The van der Waals surface area contributed by atoms with Gasteiger partial charge in [0.15, 0.2) is 11.5 Å². The number of likely N-dealkylation sites (N-methyl/N-ethyl adjacent to an activating group) is 1. The Bertz CT molecular complexity index is 962. The maximum Gasteiger partial charge on any atom is 0.241 e. The topological polar surface area (TPSA) is 111 Å². The summed E-state index contributed by atoms with van der Waals surface area (Å²) in [4.78, 5) is 14.4. The summed E-state index contributed by atoms with van der Waals surface area (Å²) >= 11 is 0. The van der Waals surface area contributed by atoms with E-state index in [4.69, 9.17) is 14.6 Å². The number of anilines is 1. The van der Waals surface area contributed by atoms with E-state index < -0.39 is 16.1 Å². The summed E-state index contributed by atoms with van der Waals surface area (Å²) in [6.45, 7) is 2.43. The van der Waals surface area contributed by atoms with E-state index >= 15 is 0 Å². The van der Waals surface area contributed by atoms with Crippen LogP contribution in [0.25, 0.3) is 0 Å². The number of amides is 1. The van der Waals surface area contributed by atoms with Gasteiger partial charge in [0.1, 0.15) is 0 Å². The fraction of sp³-hybridized carbons (Fsp3) is 0.350. The number of primary sulfonamides is 1. The van der Waals surface area contributed by atoms with E-state index in [1.165, 1.54) is 18.2 Å². The standard InChI is InChI=1S/C20H27N3O5S/c1-14(20(24)22-16-6-5-7-17(13-16)29(21,25)26)23(2)11-10-15-8-9-18(27-3)19(12-15)28-4/h5-9,12-14H,10-11H2,1-4H3,(H,22,24)(H2,21,25,26)/t14-/m1/s1. The van der Waals surface area contributed by atoms with Gasteiger partial charge < -0.3 is 14.8 Å². The van der Waals surface area contributed by atoms with Gasteiger partial charge in [0.25, 0.3) is 0 Å². The number of rotatable bonds is 9. The van der Waals surface area contributed by atoms with Crippen molar-refractivity contribution < 1.29 is 22.7 Å². The van der Waals surface area contributed by atoms with Crippen molar-refractivity contribution in [3.05, 3.63) is 48.0 Å². The summed E-state index contributed by atoms with van der Waals surface area (Å²) in [6, 6.07) is 11.2. The largest absolute Gasteiger partial charge is 0.493 e. The average Bonchev–Trinajstić information content (AvgIpc) is 2.70. The van der Waals surface area contributed by atoms with Crippen molar-refractivity contribution in [2.45, 2.75) is 24.3 Å². The van der Waals surface area contributed by atoms with Crippen LogP contribution >= 0.6 is 0 Å². The summed E-state index contributed by atoms with van der Waals surface area (Å²) in [6.07, 6.45) is 0.718. The summed E-state index contributed by atoms with van der Waals surface area (Å²) in [7, 11) is 1.20. The molecule has 0 saturated heterocycles. The Balaban J connectivity index is 1.97. The van der Waals surface area contributed by atoms with Crippen molar-refractivity contribution in [1.82, 2.24) is 4.90 Å². The molecule has 0 aliphatic rings. The van der Waals surface area contributed by atoms with Crippen LogP contribution in [0.3, 0.4) is 0 Å². The van der Waals surface area contributed by atoms with Crippen LogP contribution in [0.1, 0.15) is 12.5 Å². The number of sulfonamides is 1. The van der Waals surface area contributed by atoms with Gasteiger partial charge in [0.05, 0.1) is 25.2 Å². The highest BCUT2D eigenvalue weighted by atomic mass is 32.2. The van der Waals surface area contributed by atoms with E-state index in [2.05, 4.69) is 5.32 Å². The number of nitrogens with two attached hydrogens (primary N) is 1. The van der Waals surface area contributed by atoms with E-state index in [0.29, 0.717) is 23.7 Å². The van der Waals surface area contributed by atoms with Gasteiger partial charge >= 0.3 is 0 Å². The lowest BCUT2D eigenvalue weighted by atomic mass is 10.1. The minimum absolute atomic E-state index is 0.0511. The fourth-order valence-corrected chi connectivity index (χ4v) is 3.29. The number of methoxy groups -OCH3 is 2. The van der Waals surface area contributed by atoms with Crippen LogP contribution in [0, 0.1) is 0 Å². The maximum atomic E-state index is 12.5. The van der Waals surface area contributed by atoms with E-state index in [9.17, 15) is 13.2 Å². The first-order valence-corrected chi connectivity index (χ1v) is 10.5. The third-order valence-corrected chi connectivity index (χ3v) is 5.58. The Morgan fingerprint density at radius 3 is 2.45 bits per heavy atom. The molecule has 0 aliphatic carbocycles. The summed E-state index contributed by atoms with van der Waals surface area (Å²) in [5.41, 5.74) is 1.43. The molecule has 0 spiro atoms. The molecule has 3 N–H and O–H groups in total. The average molecular weight is 422 g/mol. The molecule has 2 rings (SSSR count). The number of hydrogen-bond acceptors (Lipinski definition) is 6. The van der Waals surface area contributed by atoms with E-state index in [-0.39, 0.29) is 10.8 Å². The number of hydrogen-bond donors (Lipinski definition) is 2. The van der Waals surface area contributed by atoms with Crippen LogP contribution in [-0.4, -0.2) is 53.1 Å². The summed E-state index contributed by atoms with van der Waals surface area (Å²) in [5, 5.41) is 7.86. The van der Waals surface area contributed by atoms with Crippen LogP contribution in [0.2, 0.25) is 0 Å². The molecule has 0 saturated carbocycles. The summed E-state index contributed by atoms with van der Waals surface area (Å²) in [5.74, 6) is 1.08. The molecule has 0 aromatic heterocycles. The maximum absolute atomic E-state index is 12.5. The molecule has 0 radical (unpaired) electrons. The van der Waals surface area contributed by atoms with E-state index in [1.807, 2.05) is 30.1 Å². The van der Waals surface area contributed by atoms with Gasteiger partial charge in [-0.05, 0) is 56.3 Å². The number of ether oxygens (including phenoxy) is 2. The van der Waals surface area contributed by atoms with Crippen LogP contribution < -0.4 is 19.9 Å². The minimum atomic E-state index is -3.83. The van der Waals surface area contributed by atoms with Gasteiger partial charge in [-0.25, -0.2) is 13.6 Å². The number of nitrogens with zero attached hydrogens (tertiary/aromatic N) is 1. The number of carbonyl (C=O) groups is 1. The Hall–Kier alpha value is -2.62. The van der Waals surface area contributed by atoms with Gasteiger partial charge in [-0.3, -0.25) is 9.69 Å². The Kier molecular flexibility index (Phi) is 7.60. The smallest absolute Gasteiger partial charge is 0.241 e. The molecule has 1 amide bonds. The first kappa shape index (κ1) is 22.7.